The molecule has 0 atom stereocenters. The standard InChI is InChI=1S/C23H25ClN4O2/c24-20-7-6-19(15-25)21(14-20)27-23(30)22(29)26-16-18-9-12-28(13-10-18)11-8-17-4-2-1-3-5-17/h1-7,14,18H,8-13,16H2,(H,26,29)(H,27,30). The van der Waals surface area contributed by atoms with Crippen molar-refractivity contribution in [3.63, 3.8) is 0 Å². The molecule has 0 bridgehead atoms. The molecule has 2 aromatic rings. The predicted molar refractivity (Wildman–Crippen MR) is 117 cm³/mol. The van der Waals surface area contributed by atoms with Crippen molar-refractivity contribution >= 4 is 29.1 Å². The highest BCUT2D eigenvalue weighted by Crippen LogP contribution is 2.20. The van der Waals surface area contributed by atoms with Crippen molar-refractivity contribution in [2.45, 2.75) is 19.3 Å². The number of carbonyl (C=O) groups excluding carboxylic acids is 2. The second kappa shape index (κ2) is 10.8. The number of hydrogen-bond donors (Lipinski definition) is 2. The van der Waals surface area contributed by atoms with Crippen LogP contribution in [-0.4, -0.2) is 42.9 Å². The van der Waals surface area contributed by atoms with Gasteiger partial charge in [-0.25, -0.2) is 0 Å². The summed E-state index contributed by atoms with van der Waals surface area (Å²) in [6, 6.07) is 16.9. The van der Waals surface area contributed by atoms with Crippen LogP contribution in [-0.2, 0) is 16.0 Å². The number of nitriles is 1. The van der Waals surface area contributed by atoms with E-state index in [1.54, 1.807) is 6.07 Å². The first-order chi connectivity index (χ1) is 14.5. The fourth-order valence-electron chi connectivity index (χ4n) is 3.56. The van der Waals surface area contributed by atoms with Gasteiger partial charge in [0.2, 0.25) is 0 Å². The smallest absolute Gasteiger partial charge is 0.313 e. The van der Waals surface area contributed by atoms with Gasteiger partial charge in [-0.05, 0) is 62.0 Å². The van der Waals surface area contributed by atoms with Gasteiger partial charge in [0.15, 0.2) is 0 Å². The Kier molecular flexibility index (Phi) is 7.83. The van der Waals surface area contributed by atoms with E-state index in [-0.39, 0.29) is 11.3 Å². The lowest BCUT2D eigenvalue weighted by Gasteiger charge is -2.32. The Hall–Kier alpha value is -2.88. The molecule has 1 aliphatic heterocycles. The molecule has 6 nitrogen and oxygen atoms in total. The second-order valence-electron chi connectivity index (χ2n) is 7.49. The van der Waals surface area contributed by atoms with Crippen molar-refractivity contribution in [1.82, 2.24) is 10.2 Å². The minimum absolute atomic E-state index is 0.233. The van der Waals surface area contributed by atoms with E-state index in [1.807, 2.05) is 12.1 Å². The minimum atomic E-state index is -0.797. The maximum absolute atomic E-state index is 12.2. The van der Waals surface area contributed by atoms with E-state index in [0.29, 0.717) is 17.5 Å². The van der Waals surface area contributed by atoms with Gasteiger partial charge in [-0.3, -0.25) is 9.59 Å². The maximum atomic E-state index is 12.2. The lowest BCUT2D eigenvalue weighted by molar-refractivity contribution is -0.136. The Bertz CT molecular complexity index is 919. The van der Waals surface area contributed by atoms with Gasteiger partial charge in [0.1, 0.15) is 6.07 Å². The summed E-state index contributed by atoms with van der Waals surface area (Å²) in [5.41, 5.74) is 1.83. The molecule has 7 heteroatoms. The predicted octanol–water partition coefficient (Wildman–Crippen LogP) is 3.22. The van der Waals surface area contributed by atoms with Crippen LogP contribution >= 0.6 is 11.6 Å². The third kappa shape index (κ3) is 6.31. The van der Waals surface area contributed by atoms with Crippen molar-refractivity contribution < 1.29 is 9.59 Å². The van der Waals surface area contributed by atoms with Crippen molar-refractivity contribution in [1.29, 1.82) is 5.26 Å². The number of carbonyl (C=O) groups is 2. The zero-order valence-corrected chi connectivity index (χ0v) is 17.5. The van der Waals surface area contributed by atoms with Crippen molar-refractivity contribution in [3.8, 4) is 6.07 Å². The first-order valence-electron chi connectivity index (χ1n) is 10.1. The zero-order chi connectivity index (χ0) is 21.3. The molecule has 0 aromatic heterocycles. The van der Waals surface area contributed by atoms with Gasteiger partial charge in [0.25, 0.3) is 0 Å². The van der Waals surface area contributed by atoms with Crippen LogP contribution in [0.5, 0.6) is 0 Å². The number of benzene rings is 2. The van der Waals surface area contributed by atoms with Gasteiger partial charge in [-0.2, -0.15) is 5.26 Å². The van der Waals surface area contributed by atoms with Gasteiger partial charge >= 0.3 is 11.8 Å². The Morgan fingerprint density at radius 3 is 2.53 bits per heavy atom. The monoisotopic (exact) mass is 424 g/mol. The van der Waals surface area contributed by atoms with Crippen LogP contribution in [0.2, 0.25) is 5.02 Å². The molecule has 3 rings (SSSR count). The molecule has 1 aliphatic rings. The van der Waals surface area contributed by atoms with Gasteiger partial charge in [-0.15, -0.1) is 0 Å². The number of nitrogens with one attached hydrogen (secondary N) is 2. The minimum Gasteiger partial charge on any atom is -0.348 e. The fourth-order valence-corrected chi connectivity index (χ4v) is 3.73. The van der Waals surface area contributed by atoms with Gasteiger partial charge in [-0.1, -0.05) is 41.9 Å². The summed E-state index contributed by atoms with van der Waals surface area (Å²) in [4.78, 5) is 26.7. The summed E-state index contributed by atoms with van der Waals surface area (Å²) in [6.07, 6.45) is 3.02. The second-order valence-corrected chi connectivity index (χ2v) is 7.92. The number of hydrogen-bond acceptors (Lipinski definition) is 4. The van der Waals surface area contributed by atoms with Crippen molar-refractivity contribution in [3.05, 3.63) is 64.7 Å². The number of anilines is 1. The molecule has 2 aromatic carbocycles. The van der Waals surface area contributed by atoms with Crippen LogP contribution in [0.1, 0.15) is 24.0 Å². The molecule has 0 aliphatic carbocycles. The van der Waals surface area contributed by atoms with Crippen molar-refractivity contribution in [2.24, 2.45) is 5.92 Å². The van der Waals surface area contributed by atoms with Crippen LogP contribution in [0.25, 0.3) is 0 Å². The number of amides is 2. The maximum Gasteiger partial charge on any atom is 0.313 e. The van der Waals surface area contributed by atoms with E-state index in [2.05, 4.69) is 39.8 Å². The Morgan fingerprint density at radius 2 is 1.83 bits per heavy atom. The molecule has 0 unspecified atom stereocenters. The number of nitrogens with zero attached hydrogens (tertiary/aromatic N) is 2. The van der Waals surface area contributed by atoms with E-state index in [1.165, 1.54) is 17.7 Å². The third-order valence-corrected chi connectivity index (χ3v) is 5.61. The van der Waals surface area contributed by atoms with Crippen LogP contribution in [0.3, 0.4) is 0 Å². The van der Waals surface area contributed by atoms with E-state index >= 15 is 0 Å². The Labute approximate surface area is 181 Å². The molecule has 2 N–H and O–H groups in total. The summed E-state index contributed by atoms with van der Waals surface area (Å²) in [5, 5.41) is 14.7. The molecular weight excluding hydrogens is 400 g/mol. The number of piperidine rings is 1. The van der Waals surface area contributed by atoms with Crippen LogP contribution in [0, 0.1) is 17.2 Å². The molecule has 2 amide bonds. The summed E-state index contributed by atoms with van der Waals surface area (Å²) in [6.45, 7) is 3.49. The van der Waals surface area contributed by atoms with E-state index in [4.69, 9.17) is 16.9 Å². The zero-order valence-electron chi connectivity index (χ0n) is 16.7. The molecule has 1 heterocycles. The van der Waals surface area contributed by atoms with E-state index in [0.717, 1.165) is 38.9 Å². The number of rotatable bonds is 6. The molecule has 0 radical (unpaired) electrons. The molecule has 0 spiro atoms. The average molecular weight is 425 g/mol. The quantitative estimate of drug-likeness (QED) is 0.697. The normalized spacial score (nSPS) is 14.7. The van der Waals surface area contributed by atoms with E-state index < -0.39 is 11.8 Å². The SMILES string of the molecule is N#Cc1ccc(Cl)cc1NC(=O)C(=O)NCC1CCN(CCc2ccccc2)CC1. The number of halogens is 1. The van der Waals surface area contributed by atoms with Crippen LogP contribution in [0.4, 0.5) is 5.69 Å². The van der Waals surface area contributed by atoms with Gasteiger partial charge in [0, 0.05) is 18.1 Å². The summed E-state index contributed by atoms with van der Waals surface area (Å²) < 4.78 is 0. The largest absolute Gasteiger partial charge is 0.348 e. The molecule has 1 fully saturated rings. The Morgan fingerprint density at radius 1 is 1.10 bits per heavy atom. The fraction of sp³-hybridized carbons (Fsp3) is 0.348. The molecule has 30 heavy (non-hydrogen) atoms. The molecular formula is C23H25ClN4O2. The molecule has 0 saturated carbocycles. The van der Waals surface area contributed by atoms with Gasteiger partial charge in [0.05, 0.1) is 11.3 Å². The molecule has 156 valence electrons. The van der Waals surface area contributed by atoms with Crippen molar-refractivity contribution in [2.75, 3.05) is 31.5 Å². The number of likely N-dealkylation sites (tertiary alicyclic amines) is 1. The topological polar surface area (TPSA) is 85.2 Å². The summed E-state index contributed by atoms with van der Waals surface area (Å²) >= 11 is 5.90. The van der Waals surface area contributed by atoms with Crippen LogP contribution < -0.4 is 10.6 Å². The lowest BCUT2D eigenvalue weighted by Crippen LogP contribution is -2.42. The lowest BCUT2D eigenvalue weighted by atomic mass is 9.96. The first kappa shape index (κ1) is 21.8. The Balaban J connectivity index is 1.39. The molecule has 1 saturated heterocycles. The van der Waals surface area contributed by atoms with Crippen LogP contribution in [0.15, 0.2) is 48.5 Å². The first-order valence-corrected chi connectivity index (χ1v) is 10.5. The highest BCUT2D eigenvalue weighted by atomic mass is 35.5. The highest BCUT2D eigenvalue weighted by Gasteiger charge is 2.21. The van der Waals surface area contributed by atoms with E-state index in [9.17, 15) is 9.59 Å². The third-order valence-electron chi connectivity index (χ3n) is 5.37. The van der Waals surface area contributed by atoms with Gasteiger partial charge < -0.3 is 15.5 Å². The summed E-state index contributed by atoms with van der Waals surface area (Å²) in [7, 11) is 0. The highest BCUT2D eigenvalue weighted by molar-refractivity contribution is 6.40. The average Bonchev–Trinajstić information content (AvgIpc) is 2.77. The summed E-state index contributed by atoms with van der Waals surface area (Å²) in [5.74, 6) is -1.14.